The average molecular weight is 321 g/mol. The van der Waals surface area contributed by atoms with Gasteiger partial charge in [-0.1, -0.05) is 29.3 Å². The highest BCUT2D eigenvalue weighted by atomic mass is 35.5. The van der Waals surface area contributed by atoms with Gasteiger partial charge in [-0.3, -0.25) is 0 Å². The molecular formula is C17H14Cl2O2. The van der Waals surface area contributed by atoms with Crippen LogP contribution in [0.2, 0.25) is 10.0 Å². The van der Waals surface area contributed by atoms with Gasteiger partial charge in [0.25, 0.3) is 0 Å². The molecule has 0 amide bonds. The predicted molar refractivity (Wildman–Crippen MR) is 83.3 cm³/mol. The zero-order valence-electron chi connectivity index (χ0n) is 11.3. The van der Waals surface area contributed by atoms with Crippen LogP contribution in [0.5, 0.6) is 11.5 Å². The van der Waals surface area contributed by atoms with Crippen LogP contribution in [0.15, 0.2) is 42.5 Å². The van der Waals surface area contributed by atoms with Crippen LogP contribution in [-0.4, -0.2) is 6.61 Å². The second-order valence-electron chi connectivity index (χ2n) is 5.65. The summed E-state index contributed by atoms with van der Waals surface area (Å²) >= 11 is 12.3. The second-order valence-corrected chi connectivity index (χ2v) is 6.49. The molecule has 4 heteroatoms. The van der Waals surface area contributed by atoms with E-state index < -0.39 is 0 Å². The van der Waals surface area contributed by atoms with Gasteiger partial charge in [0.05, 0.1) is 11.6 Å². The first-order chi connectivity index (χ1) is 10.2. The molecule has 21 heavy (non-hydrogen) atoms. The first kappa shape index (κ1) is 13.4. The summed E-state index contributed by atoms with van der Waals surface area (Å²) in [6, 6.07) is 13.1. The van der Waals surface area contributed by atoms with Crippen molar-refractivity contribution >= 4 is 23.2 Å². The molecule has 2 aliphatic rings. The number of hydrogen-bond donors (Lipinski definition) is 0. The summed E-state index contributed by atoms with van der Waals surface area (Å²) < 4.78 is 11.5. The first-order valence-corrected chi connectivity index (χ1v) is 7.80. The molecule has 1 saturated heterocycles. The largest absolute Gasteiger partial charge is 0.457 e. The molecule has 0 bridgehead atoms. The van der Waals surface area contributed by atoms with E-state index in [1.807, 2.05) is 30.3 Å². The first-order valence-electron chi connectivity index (χ1n) is 7.05. The maximum Gasteiger partial charge on any atom is 0.128 e. The molecule has 1 saturated carbocycles. The molecular weight excluding hydrogens is 307 g/mol. The second kappa shape index (κ2) is 4.91. The Labute approximate surface area is 133 Å². The van der Waals surface area contributed by atoms with Crippen molar-refractivity contribution in [3.8, 4) is 11.5 Å². The molecule has 0 radical (unpaired) electrons. The lowest BCUT2D eigenvalue weighted by atomic mass is 9.95. The van der Waals surface area contributed by atoms with E-state index in [9.17, 15) is 0 Å². The lowest BCUT2D eigenvalue weighted by Gasteiger charge is -2.14. The number of halogens is 2. The zero-order valence-corrected chi connectivity index (χ0v) is 12.8. The molecule has 2 aromatic rings. The van der Waals surface area contributed by atoms with Crippen molar-refractivity contribution in [1.82, 2.24) is 0 Å². The Morgan fingerprint density at radius 3 is 2.24 bits per heavy atom. The molecule has 1 aliphatic heterocycles. The minimum Gasteiger partial charge on any atom is -0.457 e. The van der Waals surface area contributed by atoms with Crippen LogP contribution >= 0.6 is 23.2 Å². The third-order valence-electron chi connectivity index (χ3n) is 4.14. The topological polar surface area (TPSA) is 21.8 Å². The standard InChI is InChI=1S/C17H14Cl2O2/c18-12-3-5-13(6-4-12)21-14-7-8-15(16(19)9-14)17(10-20-17)11-1-2-11/h3-9,11H,1-2,10H2. The molecule has 2 nitrogen and oxygen atoms in total. The number of hydrogen-bond acceptors (Lipinski definition) is 2. The van der Waals surface area contributed by atoms with Crippen LogP contribution in [0.3, 0.4) is 0 Å². The zero-order chi connectivity index (χ0) is 14.4. The van der Waals surface area contributed by atoms with Gasteiger partial charge in [-0.15, -0.1) is 0 Å². The van der Waals surface area contributed by atoms with Crippen molar-refractivity contribution in [2.24, 2.45) is 5.92 Å². The maximum absolute atomic E-state index is 6.44. The van der Waals surface area contributed by atoms with Crippen molar-refractivity contribution in [3.05, 3.63) is 58.1 Å². The smallest absolute Gasteiger partial charge is 0.128 e. The summed E-state index contributed by atoms with van der Waals surface area (Å²) in [5.41, 5.74) is 0.978. The summed E-state index contributed by atoms with van der Waals surface area (Å²) in [6.07, 6.45) is 2.47. The Kier molecular flexibility index (Phi) is 3.14. The molecule has 1 atom stereocenters. The van der Waals surface area contributed by atoms with Crippen LogP contribution < -0.4 is 4.74 Å². The molecule has 2 fully saturated rings. The van der Waals surface area contributed by atoms with Gasteiger partial charge in [-0.25, -0.2) is 0 Å². The SMILES string of the molecule is Clc1ccc(Oc2ccc(C3(C4CC4)CO3)c(Cl)c2)cc1. The Hall–Kier alpha value is -1.22. The van der Waals surface area contributed by atoms with Crippen LogP contribution in [-0.2, 0) is 10.3 Å². The molecule has 1 unspecified atom stereocenters. The maximum atomic E-state index is 6.44. The molecule has 1 heterocycles. The normalized spacial score (nSPS) is 23.9. The summed E-state index contributed by atoms with van der Waals surface area (Å²) in [5.74, 6) is 2.10. The van der Waals surface area contributed by atoms with E-state index in [2.05, 4.69) is 0 Å². The van der Waals surface area contributed by atoms with Gasteiger partial charge in [0.15, 0.2) is 0 Å². The van der Waals surface area contributed by atoms with Gasteiger partial charge < -0.3 is 9.47 Å². The van der Waals surface area contributed by atoms with E-state index in [4.69, 9.17) is 32.7 Å². The molecule has 108 valence electrons. The number of ether oxygens (including phenoxy) is 2. The van der Waals surface area contributed by atoms with Gasteiger partial charge in [-0.05, 0) is 55.2 Å². The highest BCUT2D eigenvalue weighted by Crippen LogP contribution is 2.57. The molecule has 0 spiro atoms. The predicted octanol–water partition coefficient (Wildman–Crippen LogP) is 5.42. The Balaban J connectivity index is 1.58. The van der Waals surface area contributed by atoms with E-state index in [0.29, 0.717) is 16.0 Å². The van der Waals surface area contributed by atoms with Crippen LogP contribution in [0.4, 0.5) is 0 Å². The number of benzene rings is 2. The summed E-state index contributed by atoms with van der Waals surface area (Å²) in [5, 5.41) is 1.40. The summed E-state index contributed by atoms with van der Waals surface area (Å²) in [4.78, 5) is 0. The Morgan fingerprint density at radius 2 is 1.67 bits per heavy atom. The third-order valence-corrected chi connectivity index (χ3v) is 4.70. The third kappa shape index (κ3) is 2.52. The van der Waals surface area contributed by atoms with Crippen molar-refractivity contribution in [2.45, 2.75) is 18.4 Å². The molecule has 0 aromatic heterocycles. The Morgan fingerprint density at radius 1 is 1.00 bits per heavy atom. The molecule has 4 rings (SSSR count). The fourth-order valence-electron chi connectivity index (χ4n) is 2.78. The van der Waals surface area contributed by atoms with Gasteiger partial charge in [0, 0.05) is 10.6 Å². The Bertz CT molecular complexity index is 674. The van der Waals surface area contributed by atoms with Gasteiger partial charge in [0.1, 0.15) is 17.1 Å². The summed E-state index contributed by atoms with van der Waals surface area (Å²) in [7, 11) is 0. The fraction of sp³-hybridized carbons (Fsp3) is 0.294. The monoisotopic (exact) mass is 320 g/mol. The minimum atomic E-state index is -0.115. The van der Waals surface area contributed by atoms with E-state index in [-0.39, 0.29) is 5.60 Å². The van der Waals surface area contributed by atoms with Crippen LogP contribution in [0, 0.1) is 5.92 Å². The van der Waals surface area contributed by atoms with Crippen molar-refractivity contribution < 1.29 is 9.47 Å². The van der Waals surface area contributed by atoms with Crippen LogP contribution in [0.1, 0.15) is 18.4 Å². The van der Waals surface area contributed by atoms with E-state index in [1.165, 1.54) is 12.8 Å². The van der Waals surface area contributed by atoms with E-state index in [1.54, 1.807) is 12.1 Å². The highest BCUT2D eigenvalue weighted by molar-refractivity contribution is 6.31. The van der Waals surface area contributed by atoms with Crippen LogP contribution in [0.25, 0.3) is 0 Å². The van der Waals surface area contributed by atoms with E-state index >= 15 is 0 Å². The molecule has 1 aliphatic carbocycles. The average Bonchev–Trinajstić information content (AvgIpc) is 3.34. The molecule has 0 N–H and O–H groups in total. The minimum absolute atomic E-state index is 0.115. The van der Waals surface area contributed by atoms with Gasteiger partial charge >= 0.3 is 0 Å². The number of epoxide rings is 1. The number of rotatable bonds is 4. The van der Waals surface area contributed by atoms with Gasteiger partial charge in [0.2, 0.25) is 0 Å². The summed E-state index contributed by atoms with van der Waals surface area (Å²) in [6.45, 7) is 0.786. The van der Waals surface area contributed by atoms with E-state index in [0.717, 1.165) is 23.7 Å². The van der Waals surface area contributed by atoms with Crippen molar-refractivity contribution in [1.29, 1.82) is 0 Å². The van der Waals surface area contributed by atoms with Crippen molar-refractivity contribution in [3.63, 3.8) is 0 Å². The lowest BCUT2D eigenvalue weighted by Crippen LogP contribution is -2.11. The quantitative estimate of drug-likeness (QED) is 0.701. The highest BCUT2D eigenvalue weighted by Gasteiger charge is 2.58. The lowest BCUT2D eigenvalue weighted by molar-refractivity contribution is 0.278. The molecule has 2 aromatic carbocycles. The fourth-order valence-corrected chi connectivity index (χ4v) is 3.24. The van der Waals surface area contributed by atoms with Crippen molar-refractivity contribution in [2.75, 3.05) is 6.61 Å². The van der Waals surface area contributed by atoms with Gasteiger partial charge in [-0.2, -0.15) is 0 Å².